The molecule has 1 aromatic carbocycles. The Kier molecular flexibility index (Phi) is 5.09. The molecule has 0 saturated carbocycles. The Morgan fingerprint density at radius 1 is 1.30 bits per heavy atom. The second kappa shape index (κ2) is 6.81. The van der Waals surface area contributed by atoms with E-state index < -0.39 is 0 Å². The molecular formula is C15H16BrFN2O. The molecule has 0 aliphatic rings. The fourth-order valence-corrected chi connectivity index (χ4v) is 2.64. The topological polar surface area (TPSA) is 34.2 Å². The minimum Gasteiger partial charge on any atom is -0.496 e. The van der Waals surface area contributed by atoms with Crippen molar-refractivity contribution in [3.8, 4) is 5.75 Å². The lowest BCUT2D eigenvalue weighted by Gasteiger charge is -2.19. The van der Waals surface area contributed by atoms with E-state index in [1.54, 1.807) is 13.3 Å². The van der Waals surface area contributed by atoms with Crippen molar-refractivity contribution in [3.63, 3.8) is 0 Å². The van der Waals surface area contributed by atoms with Crippen LogP contribution in [-0.2, 0) is 0 Å². The first-order valence-electron chi connectivity index (χ1n) is 6.33. The Morgan fingerprint density at radius 2 is 2.10 bits per heavy atom. The van der Waals surface area contributed by atoms with Gasteiger partial charge < -0.3 is 10.1 Å². The Hall–Kier alpha value is -1.46. The third-order valence-electron chi connectivity index (χ3n) is 2.98. The number of rotatable bonds is 5. The van der Waals surface area contributed by atoms with Crippen molar-refractivity contribution < 1.29 is 9.13 Å². The Morgan fingerprint density at radius 3 is 2.70 bits per heavy atom. The first-order valence-corrected chi connectivity index (χ1v) is 7.12. The number of nitrogens with one attached hydrogen (secondary N) is 1. The summed E-state index contributed by atoms with van der Waals surface area (Å²) in [6.45, 7) is 2.78. The molecule has 1 atom stereocenters. The number of aromatic nitrogens is 1. The van der Waals surface area contributed by atoms with Crippen LogP contribution >= 0.6 is 15.9 Å². The average Bonchev–Trinajstić information content (AvgIpc) is 2.44. The van der Waals surface area contributed by atoms with Gasteiger partial charge in [0.15, 0.2) is 0 Å². The van der Waals surface area contributed by atoms with E-state index in [1.807, 2.05) is 25.1 Å². The molecule has 1 heterocycles. The minimum atomic E-state index is -0.335. The molecule has 0 aliphatic heterocycles. The van der Waals surface area contributed by atoms with Gasteiger partial charge in [-0.3, -0.25) is 4.98 Å². The monoisotopic (exact) mass is 338 g/mol. The number of benzene rings is 1. The molecule has 0 aliphatic carbocycles. The van der Waals surface area contributed by atoms with Gasteiger partial charge in [-0.05, 0) is 51.8 Å². The van der Waals surface area contributed by atoms with Crippen molar-refractivity contribution in [3.05, 3.63) is 58.1 Å². The number of methoxy groups -OCH3 is 1. The normalized spacial score (nSPS) is 12.2. The third-order valence-corrected chi connectivity index (χ3v) is 3.60. The summed E-state index contributed by atoms with van der Waals surface area (Å²) < 4.78 is 19.5. The lowest BCUT2D eigenvalue weighted by molar-refractivity contribution is 0.411. The Balaban J connectivity index is 2.40. The zero-order valence-electron chi connectivity index (χ0n) is 11.4. The molecule has 0 spiro atoms. The van der Waals surface area contributed by atoms with Gasteiger partial charge >= 0.3 is 0 Å². The highest BCUT2D eigenvalue weighted by molar-refractivity contribution is 9.10. The van der Waals surface area contributed by atoms with Crippen LogP contribution in [0.25, 0.3) is 0 Å². The molecule has 3 nitrogen and oxygen atoms in total. The van der Waals surface area contributed by atoms with E-state index in [9.17, 15) is 4.39 Å². The van der Waals surface area contributed by atoms with Crippen LogP contribution in [-0.4, -0.2) is 18.6 Å². The molecule has 2 rings (SSSR count). The smallest absolute Gasteiger partial charge is 0.141 e. The molecule has 2 aromatic rings. The summed E-state index contributed by atoms with van der Waals surface area (Å²) in [4.78, 5) is 3.92. The van der Waals surface area contributed by atoms with E-state index >= 15 is 0 Å². The summed E-state index contributed by atoms with van der Waals surface area (Å²) in [6, 6.07) is 7.21. The van der Waals surface area contributed by atoms with E-state index in [4.69, 9.17) is 4.74 Å². The molecule has 20 heavy (non-hydrogen) atoms. The van der Waals surface area contributed by atoms with Gasteiger partial charge in [-0.15, -0.1) is 0 Å². The highest BCUT2D eigenvalue weighted by atomic mass is 79.9. The number of nitrogens with zero attached hydrogens (tertiary/aromatic N) is 1. The summed E-state index contributed by atoms with van der Waals surface area (Å²) >= 11 is 3.47. The molecule has 0 bridgehead atoms. The lowest BCUT2D eigenvalue weighted by atomic mass is 10.00. The van der Waals surface area contributed by atoms with E-state index in [-0.39, 0.29) is 11.9 Å². The zero-order chi connectivity index (χ0) is 14.5. The predicted octanol–water partition coefficient (Wildman–Crippen LogP) is 3.69. The van der Waals surface area contributed by atoms with Crippen molar-refractivity contribution in [2.24, 2.45) is 0 Å². The van der Waals surface area contributed by atoms with Gasteiger partial charge in [-0.2, -0.15) is 0 Å². The predicted molar refractivity (Wildman–Crippen MR) is 80.4 cm³/mol. The molecule has 1 unspecified atom stereocenters. The van der Waals surface area contributed by atoms with Gasteiger partial charge in [0.1, 0.15) is 11.6 Å². The first-order chi connectivity index (χ1) is 9.65. The average molecular weight is 339 g/mol. The van der Waals surface area contributed by atoms with Crippen LogP contribution in [0.15, 0.2) is 41.1 Å². The van der Waals surface area contributed by atoms with Gasteiger partial charge in [0.05, 0.1) is 23.8 Å². The summed E-state index contributed by atoms with van der Waals surface area (Å²) in [7, 11) is 1.62. The van der Waals surface area contributed by atoms with Crippen LogP contribution in [0.4, 0.5) is 4.39 Å². The van der Waals surface area contributed by atoms with Crippen molar-refractivity contribution in [2.75, 3.05) is 13.7 Å². The van der Waals surface area contributed by atoms with Crippen LogP contribution in [0.3, 0.4) is 0 Å². The van der Waals surface area contributed by atoms with Crippen molar-refractivity contribution in [1.29, 1.82) is 0 Å². The van der Waals surface area contributed by atoms with Gasteiger partial charge in [0.25, 0.3) is 0 Å². The van der Waals surface area contributed by atoms with Crippen molar-refractivity contribution in [1.82, 2.24) is 10.3 Å². The molecule has 1 aromatic heterocycles. The number of halogens is 2. The Bertz CT molecular complexity index is 592. The first kappa shape index (κ1) is 14.9. The van der Waals surface area contributed by atoms with Crippen LogP contribution in [0.2, 0.25) is 0 Å². The van der Waals surface area contributed by atoms with Crippen LogP contribution in [0, 0.1) is 5.82 Å². The number of hydrogen-bond donors (Lipinski definition) is 1. The molecule has 106 valence electrons. The van der Waals surface area contributed by atoms with E-state index in [0.29, 0.717) is 0 Å². The fourth-order valence-electron chi connectivity index (χ4n) is 2.08. The second-order valence-corrected chi connectivity index (χ2v) is 5.18. The standard InChI is InChI=1S/C15H16BrFN2O/c1-3-19-15(11-6-12(17)9-18-8-11)10-4-5-14(20-2)13(16)7-10/h4-9,15,19H,3H2,1-2H3. The number of ether oxygens (including phenoxy) is 1. The van der Waals surface area contributed by atoms with Crippen molar-refractivity contribution in [2.45, 2.75) is 13.0 Å². The summed E-state index contributed by atoms with van der Waals surface area (Å²) in [6.07, 6.45) is 2.88. The SMILES string of the molecule is CCNC(c1cncc(F)c1)c1ccc(OC)c(Br)c1. The molecule has 5 heteroatoms. The van der Waals surface area contributed by atoms with Gasteiger partial charge in [-0.1, -0.05) is 13.0 Å². The van der Waals surface area contributed by atoms with Crippen molar-refractivity contribution >= 4 is 15.9 Å². The second-order valence-electron chi connectivity index (χ2n) is 4.32. The molecule has 0 saturated heterocycles. The number of pyridine rings is 1. The highest BCUT2D eigenvalue weighted by Crippen LogP contribution is 2.30. The maximum absolute atomic E-state index is 13.4. The maximum Gasteiger partial charge on any atom is 0.141 e. The quantitative estimate of drug-likeness (QED) is 0.902. The van der Waals surface area contributed by atoms with Crippen LogP contribution in [0.5, 0.6) is 5.75 Å². The maximum atomic E-state index is 13.4. The summed E-state index contributed by atoms with van der Waals surface area (Å²) in [5.41, 5.74) is 1.82. The molecule has 1 N–H and O–H groups in total. The van der Waals surface area contributed by atoms with Crippen LogP contribution in [0.1, 0.15) is 24.1 Å². The molecule has 0 amide bonds. The zero-order valence-corrected chi connectivity index (χ0v) is 12.9. The number of hydrogen-bond acceptors (Lipinski definition) is 3. The van der Waals surface area contributed by atoms with Gasteiger partial charge in [0, 0.05) is 6.20 Å². The largest absolute Gasteiger partial charge is 0.496 e. The summed E-state index contributed by atoms with van der Waals surface area (Å²) in [5, 5.41) is 3.34. The highest BCUT2D eigenvalue weighted by Gasteiger charge is 2.15. The minimum absolute atomic E-state index is 0.106. The van der Waals surface area contributed by atoms with Gasteiger partial charge in [0.2, 0.25) is 0 Å². The molecule has 0 radical (unpaired) electrons. The third kappa shape index (κ3) is 3.35. The van der Waals surface area contributed by atoms with Crippen LogP contribution < -0.4 is 10.1 Å². The van der Waals surface area contributed by atoms with E-state index in [2.05, 4.69) is 26.2 Å². The molecule has 0 fully saturated rings. The molecular weight excluding hydrogens is 323 g/mol. The van der Waals surface area contributed by atoms with E-state index in [0.717, 1.165) is 27.9 Å². The lowest BCUT2D eigenvalue weighted by Crippen LogP contribution is -2.22. The Labute approximate surface area is 126 Å². The van der Waals surface area contributed by atoms with E-state index in [1.165, 1.54) is 12.3 Å². The summed E-state index contributed by atoms with van der Waals surface area (Å²) in [5.74, 6) is 0.430. The van der Waals surface area contributed by atoms with Gasteiger partial charge in [-0.25, -0.2) is 4.39 Å². The fraction of sp³-hybridized carbons (Fsp3) is 0.267.